The minimum Gasteiger partial charge on any atom is -0.329 e. The number of hydrogen-bond donors (Lipinski definition) is 0. The van der Waals surface area contributed by atoms with Crippen molar-refractivity contribution in [3.8, 4) is 84.9 Å². The summed E-state index contributed by atoms with van der Waals surface area (Å²) in [4.78, 5) is 24.3. The average molecular weight is 1500 g/mol. The van der Waals surface area contributed by atoms with Gasteiger partial charge in [-0.3, -0.25) is 0 Å². The molecule has 0 N–H and O–H groups in total. The Morgan fingerprint density at radius 2 is 0.534 bits per heavy atom. The molecule has 0 aliphatic heterocycles. The van der Waals surface area contributed by atoms with Crippen LogP contribution in [0.3, 0.4) is 0 Å². The van der Waals surface area contributed by atoms with Gasteiger partial charge < -0.3 is 22.8 Å². The van der Waals surface area contributed by atoms with E-state index in [4.69, 9.17) is 15.0 Å². The molecule has 10 heteroatoms. The van der Waals surface area contributed by atoms with E-state index < -0.39 is 0 Å². The van der Waals surface area contributed by atoms with Crippen molar-refractivity contribution >= 4 is 120 Å². The molecule has 23 aromatic rings. The Bertz CT molecular complexity index is 7900. The number of nitrogens with zero attached hydrogens (tertiary/aromatic N) is 10. The molecule has 0 radical (unpaired) electrons. The van der Waals surface area contributed by atoms with E-state index in [-0.39, 0.29) is 5.92 Å². The van der Waals surface area contributed by atoms with Crippen LogP contribution in [0.15, 0.2) is 394 Å². The summed E-state index contributed by atoms with van der Waals surface area (Å²) in [6.45, 7) is 19.0. The molecule has 10 nitrogen and oxygen atoms in total. The molecular formula is C108H66N10. The summed E-state index contributed by atoms with van der Waals surface area (Å²) in [5.74, 6) is 1.57. The van der Waals surface area contributed by atoms with Crippen LogP contribution in [0.2, 0.25) is 0 Å². The lowest BCUT2D eigenvalue weighted by Crippen LogP contribution is -2.14. The van der Waals surface area contributed by atoms with Gasteiger partial charge in [0.05, 0.1) is 85.4 Å². The highest BCUT2D eigenvalue weighted by atomic mass is 15.1. The average Bonchev–Trinajstić information content (AvgIpc) is 1.48. The summed E-state index contributed by atoms with van der Waals surface area (Å²) in [5, 5.41) is 11.4. The van der Waals surface area contributed by atoms with Gasteiger partial charge in [0.15, 0.2) is 17.5 Å². The molecule has 0 bridgehead atoms. The standard InChI is InChI=1S/C57H33N5.C51H33N5/c1-58-53-52(51-43-27-5-3-19-35(43)36-20-4-6-28-44(36)51)55(60-45-29-13-7-21-37(45)38-22-8-14-30-46(38)60)57(62-49-33-17-11-25-41(49)42-26-12-18-34-50(42)62)54(59-2)56(53)61-47-31-15-9-23-39(47)40-24-10-16-32-48(40)61;1-4-15-34(16-5-1)49-52-50(35-17-6-2-7-18-35)54-51(53-49)38-19-14-22-40(31-38)56-45-25-12-10-23-41(45)43-29-27-37(33-48(43)56)36-28-30-47-44(32-36)42-24-11-13-26-46(42)55(47)39-20-8-3-9-21-39/h3-34,51H;1-33H. The molecular weight excluding hydrogens is 1440 g/mol. The van der Waals surface area contributed by atoms with Crippen LogP contribution in [0.25, 0.3) is 204 Å². The van der Waals surface area contributed by atoms with Gasteiger partial charge in [0.25, 0.3) is 0 Å². The van der Waals surface area contributed by atoms with Gasteiger partial charge in [-0.25, -0.2) is 24.6 Å². The van der Waals surface area contributed by atoms with Crippen molar-refractivity contribution in [3.63, 3.8) is 0 Å². The number of hydrogen-bond acceptors (Lipinski definition) is 3. The van der Waals surface area contributed by atoms with Crippen molar-refractivity contribution in [2.24, 2.45) is 0 Å². The van der Waals surface area contributed by atoms with Crippen LogP contribution < -0.4 is 0 Å². The first-order chi connectivity index (χ1) is 58.5. The van der Waals surface area contributed by atoms with Gasteiger partial charge >= 0.3 is 0 Å². The molecule has 0 amide bonds. The van der Waals surface area contributed by atoms with E-state index in [1.165, 1.54) is 38.1 Å². The summed E-state index contributed by atoms with van der Waals surface area (Å²) in [6, 6.07) is 139. The van der Waals surface area contributed by atoms with Crippen molar-refractivity contribution in [2.45, 2.75) is 5.92 Å². The van der Waals surface area contributed by atoms with Crippen LogP contribution in [0.5, 0.6) is 0 Å². The Morgan fingerprint density at radius 1 is 0.212 bits per heavy atom. The third-order valence-electron chi connectivity index (χ3n) is 23.9. The number of benzene rings is 17. The van der Waals surface area contributed by atoms with E-state index in [1.807, 2.05) is 60.7 Å². The minimum atomic E-state index is -0.347. The zero-order valence-corrected chi connectivity index (χ0v) is 63.6. The van der Waals surface area contributed by atoms with E-state index >= 15 is 0 Å². The van der Waals surface area contributed by atoms with Crippen LogP contribution in [0.4, 0.5) is 11.4 Å². The maximum atomic E-state index is 9.50. The summed E-state index contributed by atoms with van der Waals surface area (Å²) < 4.78 is 11.6. The van der Waals surface area contributed by atoms with E-state index in [1.54, 1.807) is 0 Å². The molecule has 0 saturated heterocycles. The molecule has 1 aliphatic carbocycles. The van der Waals surface area contributed by atoms with Crippen molar-refractivity contribution in [2.75, 3.05) is 0 Å². The van der Waals surface area contributed by atoms with Crippen LogP contribution >= 0.6 is 0 Å². The zero-order valence-electron chi connectivity index (χ0n) is 63.6. The monoisotopic (exact) mass is 1500 g/mol. The highest BCUT2D eigenvalue weighted by Gasteiger charge is 2.40. The second kappa shape index (κ2) is 27.3. The second-order valence-corrected chi connectivity index (χ2v) is 30.2. The highest BCUT2D eigenvalue weighted by molar-refractivity contribution is 6.17. The predicted octanol–water partition coefficient (Wildman–Crippen LogP) is 28.0. The molecule has 24 rings (SSSR count). The van der Waals surface area contributed by atoms with Crippen LogP contribution in [0.1, 0.15) is 22.6 Å². The van der Waals surface area contributed by atoms with Gasteiger partial charge in [0, 0.05) is 87.8 Å². The first kappa shape index (κ1) is 67.4. The van der Waals surface area contributed by atoms with Gasteiger partial charge in [-0.05, 0) is 130 Å². The van der Waals surface area contributed by atoms with Gasteiger partial charge in [0.1, 0.15) is 0 Å². The van der Waals surface area contributed by atoms with Crippen LogP contribution in [-0.4, -0.2) is 37.8 Å². The zero-order chi connectivity index (χ0) is 78.1. The number of aromatic nitrogens is 8. The Labute approximate surface area is 678 Å². The molecule has 548 valence electrons. The maximum Gasteiger partial charge on any atom is 0.225 e. The van der Waals surface area contributed by atoms with E-state index in [9.17, 15) is 13.1 Å². The van der Waals surface area contributed by atoms with Crippen LogP contribution in [-0.2, 0) is 0 Å². The highest BCUT2D eigenvalue weighted by Crippen LogP contribution is 2.59. The van der Waals surface area contributed by atoms with Gasteiger partial charge in [-0.15, -0.1) is 0 Å². The molecule has 17 aromatic carbocycles. The minimum absolute atomic E-state index is 0.347. The topological polar surface area (TPSA) is 72.0 Å². The smallest absolute Gasteiger partial charge is 0.225 e. The number of fused-ring (bicyclic) bond motifs is 18. The SMILES string of the molecule is [C-]#[N+]c1c(C2c3ccccc3-c3ccccc32)c(-n2c3ccccc3c3ccccc32)c(-n2c3ccccc3c3ccccc32)c([N+]#[C-])c1-n1c2ccccc2c2ccccc21.c1ccc(-c2nc(-c3ccccc3)nc(-c3cccc(-n4c5ccccc5c5ccc(-c6ccc7c(c6)c6ccccc6n7-c6ccccc6)cc54)c3)n2)cc1. The summed E-state index contributed by atoms with van der Waals surface area (Å²) in [7, 11) is 0. The molecule has 0 fully saturated rings. The Kier molecular flexibility index (Phi) is 15.6. The van der Waals surface area contributed by atoms with E-state index in [2.05, 4.69) is 366 Å². The predicted molar refractivity (Wildman–Crippen MR) is 485 cm³/mol. The normalized spacial score (nSPS) is 12.0. The van der Waals surface area contributed by atoms with Gasteiger partial charge in [-0.1, -0.05) is 303 Å². The fraction of sp³-hybridized carbons (Fsp3) is 0.00926. The summed E-state index contributed by atoms with van der Waals surface area (Å²) in [5.41, 5.74) is 26.4. The molecule has 6 heterocycles. The van der Waals surface area contributed by atoms with Crippen molar-refractivity contribution in [1.82, 2.24) is 37.8 Å². The fourth-order valence-electron chi connectivity index (χ4n) is 19.0. The van der Waals surface area contributed by atoms with E-state index in [0.29, 0.717) is 34.5 Å². The molecule has 0 atom stereocenters. The van der Waals surface area contributed by atoms with Crippen molar-refractivity contribution in [3.05, 3.63) is 434 Å². The lowest BCUT2D eigenvalue weighted by Gasteiger charge is -2.29. The number of para-hydroxylation sites is 9. The fourth-order valence-corrected chi connectivity index (χ4v) is 19.0. The largest absolute Gasteiger partial charge is 0.329 e. The molecule has 0 saturated carbocycles. The third kappa shape index (κ3) is 10.4. The molecule has 118 heavy (non-hydrogen) atoms. The quantitative estimate of drug-likeness (QED) is 0.128. The van der Waals surface area contributed by atoms with Crippen LogP contribution in [0, 0.1) is 13.1 Å². The lowest BCUT2D eigenvalue weighted by atomic mass is 9.85. The second-order valence-electron chi connectivity index (χ2n) is 30.2. The van der Waals surface area contributed by atoms with Crippen molar-refractivity contribution in [1.29, 1.82) is 0 Å². The van der Waals surface area contributed by atoms with Gasteiger partial charge in [-0.2, -0.15) is 0 Å². The first-order valence-electron chi connectivity index (χ1n) is 39.8. The Morgan fingerprint density at radius 3 is 0.992 bits per heavy atom. The summed E-state index contributed by atoms with van der Waals surface area (Å²) in [6.07, 6.45) is 0. The molecule has 0 unspecified atom stereocenters. The molecule has 0 spiro atoms. The lowest BCUT2D eigenvalue weighted by molar-refractivity contribution is 0.969. The first-order valence-corrected chi connectivity index (χ1v) is 39.8. The van der Waals surface area contributed by atoms with Crippen molar-refractivity contribution < 1.29 is 0 Å². The van der Waals surface area contributed by atoms with Gasteiger partial charge in [0.2, 0.25) is 11.4 Å². The number of rotatable bonds is 10. The molecule has 1 aliphatic rings. The Balaban J connectivity index is 0.000000139. The third-order valence-corrected chi connectivity index (χ3v) is 23.9. The van der Waals surface area contributed by atoms with E-state index in [0.717, 1.165) is 149 Å². The summed E-state index contributed by atoms with van der Waals surface area (Å²) >= 11 is 0. The Hall–Kier alpha value is -16.3. The maximum absolute atomic E-state index is 9.50. The molecule has 6 aromatic heterocycles.